The zero-order valence-electron chi connectivity index (χ0n) is 10.1. The Morgan fingerprint density at radius 2 is 1.88 bits per heavy atom. The summed E-state index contributed by atoms with van der Waals surface area (Å²) in [6.07, 6.45) is 4.93. The van der Waals surface area contributed by atoms with Crippen LogP contribution in [0.4, 0.5) is 0 Å². The van der Waals surface area contributed by atoms with E-state index in [4.69, 9.17) is 0 Å². The highest BCUT2D eigenvalue weighted by Gasteiger charge is 2.40. The summed E-state index contributed by atoms with van der Waals surface area (Å²) in [5, 5.41) is 0. The van der Waals surface area contributed by atoms with E-state index < -0.39 is 0 Å². The van der Waals surface area contributed by atoms with E-state index in [1.165, 1.54) is 24.8 Å². The van der Waals surface area contributed by atoms with Gasteiger partial charge in [-0.3, -0.25) is 4.79 Å². The van der Waals surface area contributed by atoms with Crippen LogP contribution in [0.1, 0.15) is 31.2 Å². The van der Waals surface area contributed by atoms with Crippen LogP contribution in [-0.2, 0) is 11.3 Å². The molecule has 17 heavy (non-hydrogen) atoms. The number of amides is 1. The van der Waals surface area contributed by atoms with Gasteiger partial charge in [0, 0.05) is 19.0 Å². The van der Waals surface area contributed by atoms with Gasteiger partial charge in [0.25, 0.3) is 0 Å². The Bertz CT molecular complexity index is 401. The van der Waals surface area contributed by atoms with E-state index in [2.05, 4.69) is 17.0 Å². The monoisotopic (exact) mass is 229 g/mol. The highest BCUT2D eigenvalue weighted by molar-refractivity contribution is 5.81. The van der Waals surface area contributed by atoms with Crippen LogP contribution >= 0.6 is 0 Å². The molecule has 3 rings (SSSR count). The molecule has 0 spiro atoms. The fraction of sp³-hybridized carbons (Fsp3) is 0.533. The summed E-state index contributed by atoms with van der Waals surface area (Å²) in [6.45, 7) is 1.78. The van der Waals surface area contributed by atoms with Crippen LogP contribution < -0.4 is 0 Å². The summed E-state index contributed by atoms with van der Waals surface area (Å²) < 4.78 is 0. The topological polar surface area (TPSA) is 20.3 Å². The maximum absolute atomic E-state index is 12.3. The van der Waals surface area contributed by atoms with Gasteiger partial charge in [0.15, 0.2) is 0 Å². The van der Waals surface area contributed by atoms with Crippen LogP contribution in [0.2, 0.25) is 0 Å². The summed E-state index contributed by atoms with van der Waals surface area (Å²) >= 11 is 0. The summed E-state index contributed by atoms with van der Waals surface area (Å²) in [7, 11) is 0. The Balaban J connectivity index is 1.71. The van der Waals surface area contributed by atoms with Gasteiger partial charge in [0.05, 0.1) is 0 Å². The van der Waals surface area contributed by atoms with Crippen LogP contribution in [0, 0.1) is 11.8 Å². The lowest BCUT2D eigenvalue weighted by Crippen LogP contribution is -2.26. The second kappa shape index (κ2) is 4.52. The molecule has 0 aromatic heterocycles. The first-order valence-electron chi connectivity index (χ1n) is 6.67. The van der Waals surface area contributed by atoms with Gasteiger partial charge in [0.1, 0.15) is 0 Å². The Morgan fingerprint density at radius 1 is 1.12 bits per heavy atom. The smallest absolute Gasteiger partial charge is 0.226 e. The molecular formula is C15H19NO. The standard InChI is InChI=1S/C15H19NO/c17-15-14-9-5-4-8-13(14)11-16(15)10-12-6-2-1-3-7-12/h1-3,6-7,13-14H,4-5,8-11H2/t13-,14-/m1/s1. The molecule has 1 aliphatic carbocycles. The third kappa shape index (κ3) is 2.08. The van der Waals surface area contributed by atoms with E-state index in [-0.39, 0.29) is 0 Å². The first kappa shape index (κ1) is 10.8. The maximum Gasteiger partial charge on any atom is 0.226 e. The molecule has 2 fully saturated rings. The lowest BCUT2D eigenvalue weighted by molar-refractivity contribution is -0.132. The molecule has 2 aliphatic rings. The zero-order valence-corrected chi connectivity index (χ0v) is 10.1. The molecule has 90 valence electrons. The highest BCUT2D eigenvalue weighted by Crippen LogP contribution is 2.37. The van der Waals surface area contributed by atoms with Gasteiger partial charge in [0.2, 0.25) is 5.91 Å². The molecule has 2 nitrogen and oxygen atoms in total. The van der Waals surface area contributed by atoms with E-state index in [0.717, 1.165) is 19.5 Å². The number of carbonyl (C=O) groups excluding carboxylic acids is 1. The van der Waals surface area contributed by atoms with E-state index in [1.807, 2.05) is 18.2 Å². The van der Waals surface area contributed by atoms with Gasteiger partial charge < -0.3 is 4.90 Å². The molecule has 2 heteroatoms. The SMILES string of the molecule is O=C1[C@@H]2CCCC[C@@H]2CN1Cc1ccccc1. The number of hydrogen-bond acceptors (Lipinski definition) is 1. The molecule has 1 aromatic carbocycles. The predicted octanol–water partition coefficient (Wildman–Crippen LogP) is 2.84. The normalized spacial score (nSPS) is 28.2. The van der Waals surface area contributed by atoms with Crippen molar-refractivity contribution in [2.45, 2.75) is 32.2 Å². The van der Waals surface area contributed by atoms with Crippen LogP contribution in [0.3, 0.4) is 0 Å². The number of likely N-dealkylation sites (tertiary alicyclic amines) is 1. The Kier molecular flexibility index (Phi) is 2.87. The van der Waals surface area contributed by atoms with Gasteiger partial charge in [-0.2, -0.15) is 0 Å². The van der Waals surface area contributed by atoms with E-state index in [1.54, 1.807) is 0 Å². The lowest BCUT2D eigenvalue weighted by atomic mass is 9.81. The molecule has 2 atom stereocenters. The van der Waals surface area contributed by atoms with Crippen molar-refractivity contribution in [2.75, 3.05) is 6.54 Å². The van der Waals surface area contributed by atoms with Gasteiger partial charge >= 0.3 is 0 Å². The summed E-state index contributed by atoms with van der Waals surface area (Å²) in [6, 6.07) is 10.3. The minimum absolute atomic E-state index is 0.340. The quantitative estimate of drug-likeness (QED) is 0.763. The van der Waals surface area contributed by atoms with Gasteiger partial charge in [-0.05, 0) is 24.3 Å². The van der Waals surface area contributed by atoms with Crippen LogP contribution in [-0.4, -0.2) is 17.4 Å². The fourth-order valence-corrected chi connectivity index (χ4v) is 3.31. The van der Waals surface area contributed by atoms with Gasteiger partial charge in [-0.25, -0.2) is 0 Å². The molecule has 0 unspecified atom stereocenters. The van der Waals surface area contributed by atoms with Gasteiger partial charge in [-0.1, -0.05) is 43.2 Å². The molecule has 1 aromatic rings. The first-order chi connectivity index (χ1) is 8.34. The fourth-order valence-electron chi connectivity index (χ4n) is 3.31. The molecule has 1 aliphatic heterocycles. The van der Waals surface area contributed by atoms with Crippen LogP contribution in [0.5, 0.6) is 0 Å². The van der Waals surface area contributed by atoms with E-state index in [9.17, 15) is 4.79 Å². The highest BCUT2D eigenvalue weighted by atomic mass is 16.2. The van der Waals surface area contributed by atoms with Crippen molar-refractivity contribution in [2.24, 2.45) is 11.8 Å². The number of rotatable bonds is 2. The second-order valence-electron chi connectivity index (χ2n) is 5.36. The van der Waals surface area contributed by atoms with Crippen LogP contribution in [0.15, 0.2) is 30.3 Å². The molecule has 0 radical (unpaired) electrons. The minimum atomic E-state index is 0.340. The Morgan fingerprint density at radius 3 is 2.65 bits per heavy atom. The number of carbonyl (C=O) groups is 1. The first-order valence-corrected chi connectivity index (χ1v) is 6.67. The Hall–Kier alpha value is -1.31. The third-order valence-electron chi connectivity index (χ3n) is 4.21. The number of fused-ring (bicyclic) bond motifs is 1. The summed E-state index contributed by atoms with van der Waals surface area (Å²) in [5.74, 6) is 1.38. The average molecular weight is 229 g/mol. The van der Waals surface area contributed by atoms with Crippen molar-refractivity contribution in [3.63, 3.8) is 0 Å². The number of hydrogen-bond donors (Lipinski definition) is 0. The molecule has 1 amide bonds. The summed E-state index contributed by atoms with van der Waals surface area (Å²) in [5.41, 5.74) is 1.25. The molecule has 1 heterocycles. The molecule has 1 saturated carbocycles. The third-order valence-corrected chi connectivity index (χ3v) is 4.21. The molecule has 0 N–H and O–H groups in total. The second-order valence-corrected chi connectivity index (χ2v) is 5.36. The Labute approximate surface area is 103 Å². The maximum atomic E-state index is 12.3. The zero-order chi connectivity index (χ0) is 11.7. The van der Waals surface area contributed by atoms with Gasteiger partial charge in [-0.15, -0.1) is 0 Å². The van der Waals surface area contributed by atoms with Crippen molar-refractivity contribution < 1.29 is 4.79 Å². The van der Waals surface area contributed by atoms with Crippen molar-refractivity contribution in [3.8, 4) is 0 Å². The predicted molar refractivity (Wildman–Crippen MR) is 67.3 cm³/mol. The summed E-state index contributed by atoms with van der Waals surface area (Å²) in [4.78, 5) is 14.3. The van der Waals surface area contributed by atoms with E-state index >= 15 is 0 Å². The molecule has 0 bridgehead atoms. The van der Waals surface area contributed by atoms with E-state index in [0.29, 0.717) is 17.7 Å². The van der Waals surface area contributed by atoms with Crippen molar-refractivity contribution in [1.82, 2.24) is 4.90 Å². The number of benzene rings is 1. The number of nitrogens with zero attached hydrogens (tertiary/aromatic N) is 1. The lowest BCUT2D eigenvalue weighted by Gasteiger charge is -2.21. The van der Waals surface area contributed by atoms with Crippen molar-refractivity contribution >= 4 is 5.91 Å². The van der Waals surface area contributed by atoms with Crippen molar-refractivity contribution in [3.05, 3.63) is 35.9 Å². The molecule has 1 saturated heterocycles. The van der Waals surface area contributed by atoms with Crippen molar-refractivity contribution in [1.29, 1.82) is 0 Å². The molecular weight excluding hydrogens is 210 g/mol. The largest absolute Gasteiger partial charge is 0.338 e. The minimum Gasteiger partial charge on any atom is -0.338 e. The van der Waals surface area contributed by atoms with Crippen LogP contribution in [0.25, 0.3) is 0 Å². The average Bonchev–Trinajstić information content (AvgIpc) is 2.68.